The Morgan fingerprint density at radius 2 is 1.88 bits per heavy atom. The van der Waals surface area contributed by atoms with Crippen molar-refractivity contribution >= 4 is 33.1 Å². The molecule has 0 unspecified atom stereocenters. The van der Waals surface area contributed by atoms with E-state index in [2.05, 4.69) is 36.6 Å². The van der Waals surface area contributed by atoms with Crippen molar-refractivity contribution in [2.75, 3.05) is 12.4 Å². The summed E-state index contributed by atoms with van der Waals surface area (Å²) in [5, 5.41) is 7.21. The summed E-state index contributed by atoms with van der Waals surface area (Å²) in [5.74, 6) is 0.821. The highest BCUT2D eigenvalue weighted by Gasteiger charge is 2.13. The van der Waals surface area contributed by atoms with Crippen molar-refractivity contribution in [1.29, 1.82) is 0 Å². The maximum Gasteiger partial charge on any atom is 0.152 e. The minimum absolute atomic E-state index is 0.821. The maximum atomic E-state index is 4.60. The smallest absolute Gasteiger partial charge is 0.152 e. The molecule has 0 atom stereocenters. The van der Waals surface area contributed by atoms with E-state index in [-0.39, 0.29) is 0 Å². The number of aromatic nitrogens is 2. The molecule has 0 amide bonds. The van der Waals surface area contributed by atoms with E-state index in [9.17, 15) is 0 Å². The molecule has 2 aromatic rings. The fourth-order valence-corrected chi connectivity index (χ4v) is 2.88. The van der Waals surface area contributed by atoms with Gasteiger partial charge in [-0.15, -0.1) is 0 Å². The highest BCUT2D eigenvalue weighted by molar-refractivity contribution is 9.10. The predicted octanol–water partition coefficient (Wildman–Crippen LogP) is 3.63. The van der Waals surface area contributed by atoms with Crippen molar-refractivity contribution in [2.45, 2.75) is 13.8 Å². The van der Waals surface area contributed by atoms with E-state index in [4.69, 9.17) is 0 Å². The average Bonchev–Trinajstić information content (AvgIpc) is 2.68. The van der Waals surface area contributed by atoms with E-state index < -0.39 is 0 Å². The monoisotopic (exact) mass is 297 g/mol. The molecule has 0 aromatic carbocycles. The number of thiophene rings is 1. The third-order valence-electron chi connectivity index (χ3n) is 2.41. The lowest BCUT2D eigenvalue weighted by atomic mass is 10.2. The molecule has 2 heterocycles. The fraction of sp³-hybridized carbons (Fsp3) is 0.273. The van der Waals surface area contributed by atoms with Gasteiger partial charge in [0.15, 0.2) is 5.82 Å². The van der Waals surface area contributed by atoms with Gasteiger partial charge >= 0.3 is 0 Å². The zero-order chi connectivity index (χ0) is 11.7. The van der Waals surface area contributed by atoms with E-state index in [1.165, 1.54) is 0 Å². The molecule has 0 radical (unpaired) electrons. The molecule has 0 aliphatic rings. The summed E-state index contributed by atoms with van der Waals surface area (Å²) in [5.41, 5.74) is 3.91. The van der Waals surface area contributed by atoms with Crippen molar-refractivity contribution < 1.29 is 0 Å². The van der Waals surface area contributed by atoms with Crippen LogP contribution in [0.3, 0.4) is 0 Å². The van der Waals surface area contributed by atoms with Crippen LogP contribution in [0.2, 0.25) is 0 Å². The summed E-state index contributed by atoms with van der Waals surface area (Å²) in [6, 6.07) is 0. The van der Waals surface area contributed by atoms with E-state index in [0.717, 1.165) is 32.9 Å². The third-order valence-corrected chi connectivity index (χ3v) is 4.12. The topological polar surface area (TPSA) is 37.8 Å². The molecule has 2 aromatic heterocycles. The Morgan fingerprint density at radius 1 is 1.19 bits per heavy atom. The van der Waals surface area contributed by atoms with Gasteiger partial charge in [0.05, 0.1) is 11.4 Å². The Morgan fingerprint density at radius 3 is 2.44 bits per heavy atom. The number of halogens is 1. The normalized spacial score (nSPS) is 10.5. The van der Waals surface area contributed by atoms with Crippen molar-refractivity contribution in [1.82, 2.24) is 9.97 Å². The Balaban J connectivity index is 2.64. The van der Waals surface area contributed by atoms with Gasteiger partial charge in [0.1, 0.15) is 5.69 Å². The molecule has 0 saturated carbocycles. The van der Waals surface area contributed by atoms with Gasteiger partial charge < -0.3 is 5.32 Å². The molecule has 2 rings (SSSR count). The van der Waals surface area contributed by atoms with E-state index in [1.807, 2.05) is 26.3 Å². The number of hydrogen-bond donors (Lipinski definition) is 1. The van der Waals surface area contributed by atoms with Crippen LogP contribution in [-0.4, -0.2) is 17.0 Å². The molecule has 0 bridgehead atoms. The van der Waals surface area contributed by atoms with Gasteiger partial charge in [0.25, 0.3) is 0 Å². The molecule has 0 saturated heterocycles. The molecule has 5 heteroatoms. The van der Waals surface area contributed by atoms with E-state index in [1.54, 1.807) is 11.3 Å². The van der Waals surface area contributed by atoms with E-state index >= 15 is 0 Å². The van der Waals surface area contributed by atoms with Crippen LogP contribution in [0.25, 0.3) is 11.3 Å². The number of anilines is 1. The van der Waals surface area contributed by atoms with Crippen LogP contribution in [0, 0.1) is 13.8 Å². The summed E-state index contributed by atoms with van der Waals surface area (Å²) >= 11 is 5.17. The first-order chi connectivity index (χ1) is 7.63. The number of hydrogen-bond acceptors (Lipinski definition) is 4. The standard InChI is InChI=1S/C11H12BrN3S/c1-6-7(2)15-11(13-3)10(14-6)8-4-16-5-9(8)12/h4-5H,1-3H3,(H,13,15). The lowest BCUT2D eigenvalue weighted by molar-refractivity contribution is 1.05. The predicted molar refractivity (Wildman–Crippen MR) is 72.1 cm³/mol. The van der Waals surface area contributed by atoms with Crippen molar-refractivity contribution in [3.8, 4) is 11.3 Å². The van der Waals surface area contributed by atoms with Crippen molar-refractivity contribution in [3.63, 3.8) is 0 Å². The highest BCUT2D eigenvalue weighted by atomic mass is 79.9. The van der Waals surface area contributed by atoms with E-state index in [0.29, 0.717) is 0 Å². The fourth-order valence-electron chi connectivity index (χ4n) is 1.42. The second-order valence-corrected chi connectivity index (χ2v) is 5.07. The Bertz CT molecular complexity index is 522. The summed E-state index contributed by atoms with van der Waals surface area (Å²) in [7, 11) is 1.86. The van der Waals surface area contributed by atoms with Gasteiger partial charge in [-0.25, -0.2) is 9.97 Å². The van der Waals surface area contributed by atoms with Gasteiger partial charge in [-0.3, -0.25) is 0 Å². The summed E-state index contributed by atoms with van der Waals surface area (Å²) in [6.45, 7) is 3.95. The van der Waals surface area contributed by atoms with Gasteiger partial charge in [0.2, 0.25) is 0 Å². The SMILES string of the molecule is CNc1nc(C)c(C)nc1-c1cscc1Br. The molecule has 0 aliphatic carbocycles. The molecule has 16 heavy (non-hydrogen) atoms. The minimum Gasteiger partial charge on any atom is -0.371 e. The number of nitrogens with zero attached hydrogens (tertiary/aromatic N) is 2. The number of nitrogens with one attached hydrogen (secondary N) is 1. The largest absolute Gasteiger partial charge is 0.371 e. The van der Waals surface area contributed by atoms with Crippen LogP contribution in [0.5, 0.6) is 0 Å². The first-order valence-electron chi connectivity index (χ1n) is 4.88. The number of rotatable bonds is 2. The molecule has 0 aliphatic heterocycles. The Labute approximate surface area is 107 Å². The molecule has 0 fully saturated rings. The van der Waals surface area contributed by atoms with Crippen LogP contribution in [0.1, 0.15) is 11.4 Å². The molecule has 3 nitrogen and oxygen atoms in total. The van der Waals surface area contributed by atoms with Crippen LogP contribution in [0.4, 0.5) is 5.82 Å². The first kappa shape index (κ1) is 11.5. The summed E-state index contributed by atoms with van der Waals surface area (Å²) < 4.78 is 1.06. The quantitative estimate of drug-likeness (QED) is 0.920. The minimum atomic E-state index is 0.821. The summed E-state index contributed by atoms with van der Waals surface area (Å²) in [6.07, 6.45) is 0. The van der Waals surface area contributed by atoms with Crippen LogP contribution >= 0.6 is 27.3 Å². The Kier molecular flexibility index (Phi) is 3.25. The second-order valence-electron chi connectivity index (χ2n) is 3.48. The molecule has 0 spiro atoms. The average molecular weight is 298 g/mol. The molecule has 84 valence electrons. The van der Waals surface area contributed by atoms with Gasteiger partial charge in [-0.05, 0) is 29.8 Å². The van der Waals surface area contributed by atoms with Gasteiger partial charge in [0, 0.05) is 27.8 Å². The second kappa shape index (κ2) is 4.51. The lowest BCUT2D eigenvalue weighted by Gasteiger charge is -2.09. The highest BCUT2D eigenvalue weighted by Crippen LogP contribution is 2.34. The summed E-state index contributed by atoms with van der Waals surface area (Å²) in [4.78, 5) is 9.10. The zero-order valence-corrected chi connectivity index (χ0v) is 11.7. The van der Waals surface area contributed by atoms with Crippen LogP contribution in [0.15, 0.2) is 15.2 Å². The van der Waals surface area contributed by atoms with Crippen molar-refractivity contribution in [3.05, 3.63) is 26.6 Å². The molecular formula is C11H12BrN3S. The maximum absolute atomic E-state index is 4.60. The number of aryl methyl sites for hydroxylation is 2. The molecular weight excluding hydrogens is 286 g/mol. The van der Waals surface area contributed by atoms with Gasteiger partial charge in [-0.2, -0.15) is 11.3 Å². The lowest BCUT2D eigenvalue weighted by Crippen LogP contribution is -2.02. The van der Waals surface area contributed by atoms with Crippen LogP contribution < -0.4 is 5.32 Å². The first-order valence-corrected chi connectivity index (χ1v) is 6.62. The Hall–Kier alpha value is -0.940. The van der Waals surface area contributed by atoms with Gasteiger partial charge in [-0.1, -0.05) is 0 Å². The van der Waals surface area contributed by atoms with Crippen molar-refractivity contribution in [2.24, 2.45) is 0 Å². The van der Waals surface area contributed by atoms with Crippen LogP contribution in [-0.2, 0) is 0 Å². The zero-order valence-electron chi connectivity index (χ0n) is 9.34. The third kappa shape index (κ3) is 1.97. The molecule has 1 N–H and O–H groups in total.